The molecular formula is C15H26N4O. The second kappa shape index (κ2) is 7.14. The number of hydrogen-bond donors (Lipinski definition) is 2. The van der Waals surface area contributed by atoms with Gasteiger partial charge in [0.15, 0.2) is 0 Å². The van der Waals surface area contributed by atoms with Crippen molar-refractivity contribution < 1.29 is 4.79 Å². The fraction of sp³-hybridized carbons (Fsp3) is 0.533. The first-order valence-corrected chi connectivity index (χ1v) is 6.88. The number of carbonyl (C=O) groups is 1. The molecule has 1 rings (SSSR count). The molecule has 1 amide bonds. The zero-order valence-electron chi connectivity index (χ0n) is 13.1. The number of anilines is 2. The van der Waals surface area contributed by atoms with Crippen LogP contribution >= 0.6 is 0 Å². The van der Waals surface area contributed by atoms with Gasteiger partial charge in [0.25, 0.3) is 5.91 Å². The van der Waals surface area contributed by atoms with Crippen LogP contribution < -0.4 is 11.1 Å². The molecule has 0 bridgehead atoms. The molecule has 0 radical (unpaired) electrons. The second-order valence-electron chi connectivity index (χ2n) is 5.51. The molecule has 0 aliphatic carbocycles. The summed E-state index contributed by atoms with van der Waals surface area (Å²) in [5.41, 5.74) is 7.90. The molecule has 0 unspecified atom stereocenters. The maximum absolute atomic E-state index is 12.1. The van der Waals surface area contributed by atoms with E-state index in [4.69, 9.17) is 5.73 Å². The van der Waals surface area contributed by atoms with E-state index in [9.17, 15) is 4.79 Å². The van der Waals surface area contributed by atoms with Crippen molar-refractivity contribution in [2.24, 2.45) is 0 Å². The van der Waals surface area contributed by atoms with Crippen LogP contribution in [-0.2, 0) is 0 Å². The van der Waals surface area contributed by atoms with Crippen molar-refractivity contribution in [2.75, 3.05) is 45.3 Å². The lowest BCUT2D eigenvalue weighted by Crippen LogP contribution is -2.31. The van der Waals surface area contributed by atoms with Gasteiger partial charge in [0, 0.05) is 44.6 Å². The van der Waals surface area contributed by atoms with E-state index >= 15 is 0 Å². The van der Waals surface area contributed by atoms with Gasteiger partial charge >= 0.3 is 0 Å². The third kappa shape index (κ3) is 4.42. The third-order valence-corrected chi connectivity index (χ3v) is 3.34. The predicted octanol–water partition coefficient (Wildman–Crippen LogP) is 1.72. The predicted molar refractivity (Wildman–Crippen MR) is 85.1 cm³/mol. The minimum absolute atomic E-state index is 0.0234. The van der Waals surface area contributed by atoms with E-state index in [1.165, 1.54) is 0 Å². The van der Waals surface area contributed by atoms with Gasteiger partial charge in [0.1, 0.15) is 0 Å². The highest BCUT2D eigenvalue weighted by Gasteiger charge is 2.13. The fourth-order valence-corrected chi connectivity index (χ4v) is 1.76. The maximum atomic E-state index is 12.1. The summed E-state index contributed by atoms with van der Waals surface area (Å²) in [4.78, 5) is 15.9. The lowest BCUT2D eigenvalue weighted by molar-refractivity contribution is 0.0828. The molecule has 0 heterocycles. The SMILES string of the molecule is CC(C)N(C)CCNc1cc(N)ccc1C(=O)N(C)C. The summed E-state index contributed by atoms with van der Waals surface area (Å²) in [6.45, 7) is 5.98. The molecule has 0 aromatic heterocycles. The van der Waals surface area contributed by atoms with Gasteiger partial charge in [-0.15, -0.1) is 0 Å². The van der Waals surface area contributed by atoms with Crippen LogP contribution in [0.15, 0.2) is 18.2 Å². The molecule has 112 valence electrons. The fourth-order valence-electron chi connectivity index (χ4n) is 1.76. The summed E-state index contributed by atoms with van der Waals surface area (Å²) < 4.78 is 0. The molecule has 5 heteroatoms. The molecule has 1 aromatic carbocycles. The number of carbonyl (C=O) groups excluding carboxylic acids is 1. The Morgan fingerprint density at radius 3 is 2.50 bits per heavy atom. The first kappa shape index (κ1) is 16.3. The molecule has 0 saturated heterocycles. The summed E-state index contributed by atoms with van der Waals surface area (Å²) in [7, 11) is 5.57. The number of amides is 1. The van der Waals surface area contributed by atoms with E-state index in [1.54, 1.807) is 31.1 Å². The van der Waals surface area contributed by atoms with Gasteiger partial charge in [-0.2, -0.15) is 0 Å². The van der Waals surface area contributed by atoms with Gasteiger partial charge in [-0.05, 0) is 39.1 Å². The number of benzene rings is 1. The topological polar surface area (TPSA) is 61.6 Å². The Bertz CT molecular complexity index is 457. The normalized spacial score (nSPS) is 10.9. The zero-order valence-corrected chi connectivity index (χ0v) is 13.1. The Morgan fingerprint density at radius 1 is 1.30 bits per heavy atom. The minimum atomic E-state index is -0.0234. The zero-order chi connectivity index (χ0) is 15.3. The average molecular weight is 278 g/mol. The first-order valence-electron chi connectivity index (χ1n) is 6.88. The minimum Gasteiger partial charge on any atom is -0.399 e. The van der Waals surface area contributed by atoms with Crippen LogP contribution in [0.1, 0.15) is 24.2 Å². The van der Waals surface area contributed by atoms with Gasteiger partial charge in [0.2, 0.25) is 0 Å². The van der Waals surface area contributed by atoms with Crippen LogP contribution in [0, 0.1) is 0 Å². The summed E-state index contributed by atoms with van der Waals surface area (Å²) >= 11 is 0. The van der Waals surface area contributed by atoms with Gasteiger partial charge < -0.3 is 20.9 Å². The van der Waals surface area contributed by atoms with Crippen LogP contribution in [0.25, 0.3) is 0 Å². The number of nitrogens with zero attached hydrogens (tertiary/aromatic N) is 2. The number of likely N-dealkylation sites (N-methyl/N-ethyl adjacent to an activating group) is 1. The lowest BCUT2D eigenvalue weighted by Gasteiger charge is -2.22. The molecule has 20 heavy (non-hydrogen) atoms. The highest BCUT2D eigenvalue weighted by atomic mass is 16.2. The van der Waals surface area contributed by atoms with Crippen molar-refractivity contribution in [1.82, 2.24) is 9.80 Å². The van der Waals surface area contributed by atoms with Crippen LogP contribution in [0.4, 0.5) is 11.4 Å². The molecule has 0 aliphatic heterocycles. The highest BCUT2D eigenvalue weighted by Crippen LogP contribution is 2.20. The molecule has 0 atom stereocenters. The maximum Gasteiger partial charge on any atom is 0.255 e. The van der Waals surface area contributed by atoms with E-state index in [-0.39, 0.29) is 5.91 Å². The average Bonchev–Trinajstić information content (AvgIpc) is 2.37. The Balaban J connectivity index is 2.78. The van der Waals surface area contributed by atoms with Crippen molar-refractivity contribution in [2.45, 2.75) is 19.9 Å². The van der Waals surface area contributed by atoms with E-state index in [2.05, 4.69) is 31.1 Å². The van der Waals surface area contributed by atoms with Crippen molar-refractivity contribution in [3.05, 3.63) is 23.8 Å². The van der Waals surface area contributed by atoms with Gasteiger partial charge in [-0.1, -0.05) is 0 Å². The molecule has 0 aliphatic rings. The molecule has 5 nitrogen and oxygen atoms in total. The van der Waals surface area contributed by atoms with Gasteiger partial charge in [0.05, 0.1) is 5.56 Å². The van der Waals surface area contributed by atoms with Crippen LogP contribution in [0.2, 0.25) is 0 Å². The van der Waals surface area contributed by atoms with E-state index in [0.29, 0.717) is 17.3 Å². The number of hydrogen-bond acceptors (Lipinski definition) is 4. The van der Waals surface area contributed by atoms with Crippen LogP contribution in [-0.4, -0.2) is 56.0 Å². The van der Waals surface area contributed by atoms with Crippen molar-refractivity contribution in [1.29, 1.82) is 0 Å². The number of rotatable bonds is 6. The quantitative estimate of drug-likeness (QED) is 0.778. The summed E-state index contributed by atoms with van der Waals surface area (Å²) in [6.07, 6.45) is 0. The van der Waals surface area contributed by atoms with Crippen molar-refractivity contribution in [3.8, 4) is 0 Å². The second-order valence-corrected chi connectivity index (χ2v) is 5.51. The lowest BCUT2D eigenvalue weighted by atomic mass is 10.1. The van der Waals surface area contributed by atoms with Gasteiger partial charge in [-0.3, -0.25) is 4.79 Å². The van der Waals surface area contributed by atoms with Gasteiger partial charge in [-0.25, -0.2) is 0 Å². The first-order chi connectivity index (χ1) is 9.32. The number of nitrogen functional groups attached to an aromatic ring is 1. The third-order valence-electron chi connectivity index (χ3n) is 3.34. The monoisotopic (exact) mass is 278 g/mol. The van der Waals surface area contributed by atoms with Crippen molar-refractivity contribution >= 4 is 17.3 Å². The Hall–Kier alpha value is -1.75. The molecule has 1 aromatic rings. The summed E-state index contributed by atoms with van der Waals surface area (Å²) in [5.74, 6) is -0.0234. The molecule has 0 spiro atoms. The van der Waals surface area contributed by atoms with E-state index < -0.39 is 0 Å². The summed E-state index contributed by atoms with van der Waals surface area (Å²) in [6, 6.07) is 5.83. The Morgan fingerprint density at radius 2 is 1.95 bits per heavy atom. The van der Waals surface area contributed by atoms with Crippen LogP contribution in [0.5, 0.6) is 0 Å². The van der Waals surface area contributed by atoms with E-state index in [0.717, 1.165) is 18.8 Å². The molecular weight excluding hydrogens is 252 g/mol. The smallest absolute Gasteiger partial charge is 0.255 e. The molecule has 0 saturated carbocycles. The summed E-state index contributed by atoms with van der Waals surface area (Å²) in [5, 5.41) is 3.31. The van der Waals surface area contributed by atoms with E-state index in [1.807, 2.05) is 6.07 Å². The highest BCUT2D eigenvalue weighted by molar-refractivity contribution is 5.99. The molecule has 0 fully saturated rings. The standard InChI is InChI=1S/C15H26N4O/c1-11(2)19(5)9-8-17-14-10-12(16)6-7-13(14)15(20)18(3)4/h6-7,10-11,17H,8-9,16H2,1-5H3. The largest absolute Gasteiger partial charge is 0.399 e. The number of nitrogens with one attached hydrogen (secondary N) is 1. The Labute approximate surface area is 121 Å². The van der Waals surface area contributed by atoms with Crippen LogP contribution in [0.3, 0.4) is 0 Å². The van der Waals surface area contributed by atoms with Crippen molar-refractivity contribution in [3.63, 3.8) is 0 Å². The molecule has 3 N–H and O–H groups in total. The number of nitrogens with two attached hydrogens (primary N) is 1. The Kier molecular flexibility index (Phi) is 5.82.